The average molecular weight is 288 g/mol. The lowest BCUT2D eigenvalue weighted by Crippen LogP contribution is -2.42. The Hall–Kier alpha value is -1.73. The van der Waals surface area contributed by atoms with Crippen LogP contribution in [0.2, 0.25) is 0 Å². The van der Waals surface area contributed by atoms with E-state index in [1.165, 1.54) is 0 Å². The van der Waals surface area contributed by atoms with Crippen molar-refractivity contribution in [3.05, 3.63) is 24.3 Å². The SMILES string of the molecule is CCCNC1(C#N)CCC(Oc2ccccc2OCC)C1. The topological polar surface area (TPSA) is 54.3 Å². The predicted molar refractivity (Wildman–Crippen MR) is 82.5 cm³/mol. The molecule has 114 valence electrons. The van der Waals surface area contributed by atoms with Gasteiger partial charge in [-0.05, 0) is 44.9 Å². The zero-order valence-corrected chi connectivity index (χ0v) is 12.9. The van der Waals surface area contributed by atoms with Crippen LogP contribution in [0.3, 0.4) is 0 Å². The van der Waals surface area contributed by atoms with Gasteiger partial charge in [0.2, 0.25) is 0 Å². The molecule has 0 heterocycles. The van der Waals surface area contributed by atoms with Crippen LogP contribution in [0.5, 0.6) is 11.5 Å². The van der Waals surface area contributed by atoms with Crippen LogP contribution in [0.15, 0.2) is 24.3 Å². The standard InChI is InChI=1S/C17H24N2O2/c1-3-11-19-17(13-18)10-9-14(12-17)21-16-8-6-5-7-15(16)20-4-2/h5-8,14,19H,3-4,9-12H2,1-2H3. The van der Waals surface area contributed by atoms with Gasteiger partial charge in [0.1, 0.15) is 11.6 Å². The number of benzene rings is 1. The summed E-state index contributed by atoms with van der Waals surface area (Å²) >= 11 is 0. The van der Waals surface area contributed by atoms with Crippen LogP contribution in [0.1, 0.15) is 39.5 Å². The van der Waals surface area contributed by atoms with E-state index in [-0.39, 0.29) is 6.10 Å². The van der Waals surface area contributed by atoms with Gasteiger partial charge in [-0.3, -0.25) is 5.32 Å². The Balaban J connectivity index is 2.01. The number of para-hydroxylation sites is 2. The molecule has 4 heteroatoms. The second kappa shape index (κ2) is 7.33. The van der Waals surface area contributed by atoms with E-state index in [0.717, 1.165) is 43.7 Å². The van der Waals surface area contributed by atoms with E-state index in [9.17, 15) is 5.26 Å². The van der Waals surface area contributed by atoms with Gasteiger partial charge in [-0.2, -0.15) is 5.26 Å². The van der Waals surface area contributed by atoms with E-state index in [0.29, 0.717) is 6.61 Å². The van der Waals surface area contributed by atoms with Crippen LogP contribution in [-0.4, -0.2) is 24.8 Å². The molecule has 1 saturated carbocycles. The first-order valence-electron chi connectivity index (χ1n) is 7.77. The number of hydrogen-bond acceptors (Lipinski definition) is 4. The van der Waals surface area contributed by atoms with Gasteiger partial charge in [0.25, 0.3) is 0 Å². The lowest BCUT2D eigenvalue weighted by molar-refractivity contribution is 0.189. The number of nitrogens with one attached hydrogen (secondary N) is 1. The van der Waals surface area contributed by atoms with Gasteiger partial charge in [-0.1, -0.05) is 19.1 Å². The molecule has 21 heavy (non-hydrogen) atoms. The van der Waals surface area contributed by atoms with Crippen LogP contribution in [0.25, 0.3) is 0 Å². The highest BCUT2D eigenvalue weighted by Gasteiger charge is 2.40. The van der Waals surface area contributed by atoms with Gasteiger partial charge in [-0.25, -0.2) is 0 Å². The Bertz CT molecular complexity index is 498. The third-order valence-corrected chi connectivity index (χ3v) is 3.84. The minimum absolute atomic E-state index is 0.0654. The summed E-state index contributed by atoms with van der Waals surface area (Å²) < 4.78 is 11.7. The molecule has 0 bridgehead atoms. The largest absolute Gasteiger partial charge is 0.490 e. The molecular weight excluding hydrogens is 264 g/mol. The molecule has 2 unspecified atom stereocenters. The highest BCUT2D eigenvalue weighted by atomic mass is 16.5. The third kappa shape index (κ3) is 3.89. The highest BCUT2D eigenvalue weighted by Crippen LogP contribution is 2.35. The van der Waals surface area contributed by atoms with Crippen molar-refractivity contribution in [3.8, 4) is 17.6 Å². The molecule has 4 nitrogen and oxygen atoms in total. The smallest absolute Gasteiger partial charge is 0.161 e. The Labute approximate surface area is 127 Å². The first-order chi connectivity index (χ1) is 10.2. The Kier molecular flexibility index (Phi) is 5.46. The summed E-state index contributed by atoms with van der Waals surface area (Å²) in [5.41, 5.74) is -0.429. The molecule has 0 radical (unpaired) electrons. The third-order valence-electron chi connectivity index (χ3n) is 3.84. The Morgan fingerprint density at radius 2 is 2.10 bits per heavy atom. The summed E-state index contributed by atoms with van der Waals surface area (Å²) in [6, 6.07) is 10.2. The molecule has 0 aliphatic heterocycles. The number of hydrogen-bond donors (Lipinski definition) is 1. The maximum absolute atomic E-state index is 9.47. The maximum Gasteiger partial charge on any atom is 0.161 e. The van der Waals surface area contributed by atoms with E-state index in [1.807, 2.05) is 31.2 Å². The molecule has 2 rings (SSSR count). The monoisotopic (exact) mass is 288 g/mol. The minimum Gasteiger partial charge on any atom is -0.490 e. The molecular formula is C17H24N2O2. The van der Waals surface area contributed by atoms with Crippen LogP contribution >= 0.6 is 0 Å². The van der Waals surface area contributed by atoms with Crippen LogP contribution < -0.4 is 14.8 Å². The molecule has 1 aliphatic rings. The van der Waals surface area contributed by atoms with Crippen LogP contribution in [0.4, 0.5) is 0 Å². The van der Waals surface area contributed by atoms with Crippen molar-refractivity contribution in [1.82, 2.24) is 5.32 Å². The molecule has 1 N–H and O–H groups in total. The zero-order chi connectivity index (χ0) is 15.1. The summed E-state index contributed by atoms with van der Waals surface area (Å²) in [5, 5.41) is 12.9. The van der Waals surface area contributed by atoms with E-state index in [1.54, 1.807) is 0 Å². The molecule has 0 amide bonds. The Morgan fingerprint density at radius 1 is 1.33 bits per heavy atom. The van der Waals surface area contributed by atoms with Crippen molar-refractivity contribution in [2.45, 2.75) is 51.2 Å². The fourth-order valence-electron chi connectivity index (χ4n) is 2.77. The minimum atomic E-state index is -0.429. The summed E-state index contributed by atoms with van der Waals surface area (Å²) in [6.45, 7) is 5.56. The summed E-state index contributed by atoms with van der Waals surface area (Å²) in [6.07, 6.45) is 3.55. The van der Waals surface area contributed by atoms with Gasteiger partial charge >= 0.3 is 0 Å². The summed E-state index contributed by atoms with van der Waals surface area (Å²) in [7, 11) is 0. The Morgan fingerprint density at radius 3 is 2.76 bits per heavy atom. The number of nitrogens with zero attached hydrogens (tertiary/aromatic N) is 1. The molecule has 1 fully saturated rings. The second-order valence-electron chi connectivity index (χ2n) is 5.48. The van der Waals surface area contributed by atoms with Gasteiger partial charge in [0, 0.05) is 6.42 Å². The molecule has 1 aromatic rings. The molecule has 1 aromatic carbocycles. The van der Waals surface area contributed by atoms with Crippen molar-refractivity contribution < 1.29 is 9.47 Å². The molecule has 0 saturated heterocycles. The normalized spacial score (nSPS) is 24.5. The molecule has 1 aliphatic carbocycles. The van der Waals surface area contributed by atoms with Crippen molar-refractivity contribution in [2.75, 3.05) is 13.2 Å². The molecule has 0 spiro atoms. The van der Waals surface area contributed by atoms with Crippen molar-refractivity contribution in [1.29, 1.82) is 5.26 Å². The lowest BCUT2D eigenvalue weighted by Gasteiger charge is -2.23. The molecule has 0 aromatic heterocycles. The van der Waals surface area contributed by atoms with Crippen LogP contribution in [0, 0.1) is 11.3 Å². The summed E-state index contributed by atoms with van der Waals surface area (Å²) in [5.74, 6) is 1.55. The summed E-state index contributed by atoms with van der Waals surface area (Å²) in [4.78, 5) is 0. The number of rotatable bonds is 7. The quantitative estimate of drug-likeness (QED) is 0.836. The van der Waals surface area contributed by atoms with E-state index < -0.39 is 5.54 Å². The van der Waals surface area contributed by atoms with Crippen molar-refractivity contribution in [3.63, 3.8) is 0 Å². The van der Waals surface area contributed by atoms with Gasteiger partial charge in [-0.15, -0.1) is 0 Å². The number of ether oxygens (including phenoxy) is 2. The predicted octanol–water partition coefficient (Wildman–Crippen LogP) is 3.28. The number of nitriles is 1. The van der Waals surface area contributed by atoms with Gasteiger partial charge in [0.15, 0.2) is 11.5 Å². The fraction of sp³-hybridized carbons (Fsp3) is 0.588. The van der Waals surface area contributed by atoms with E-state index >= 15 is 0 Å². The maximum atomic E-state index is 9.47. The van der Waals surface area contributed by atoms with Gasteiger partial charge < -0.3 is 9.47 Å². The van der Waals surface area contributed by atoms with E-state index in [4.69, 9.17) is 9.47 Å². The van der Waals surface area contributed by atoms with Crippen molar-refractivity contribution >= 4 is 0 Å². The first kappa shape index (κ1) is 15.7. The van der Waals surface area contributed by atoms with Crippen LogP contribution in [-0.2, 0) is 0 Å². The zero-order valence-electron chi connectivity index (χ0n) is 12.9. The fourth-order valence-corrected chi connectivity index (χ4v) is 2.77. The molecule has 2 atom stereocenters. The second-order valence-corrected chi connectivity index (χ2v) is 5.48. The van der Waals surface area contributed by atoms with Gasteiger partial charge in [0.05, 0.1) is 12.7 Å². The lowest BCUT2D eigenvalue weighted by atomic mass is 9.99. The van der Waals surface area contributed by atoms with Crippen molar-refractivity contribution in [2.24, 2.45) is 0 Å². The van der Waals surface area contributed by atoms with E-state index in [2.05, 4.69) is 18.3 Å². The first-order valence-corrected chi connectivity index (χ1v) is 7.77. The highest BCUT2D eigenvalue weighted by molar-refractivity contribution is 5.39. The average Bonchev–Trinajstić information content (AvgIpc) is 2.91.